The maximum atomic E-state index is 13.7. The molecular weight excluding hydrogens is 535 g/mol. The summed E-state index contributed by atoms with van der Waals surface area (Å²) in [5.41, 5.74) is 3.20. The Kier molecular flexibility index (Phi) is 12.2. The molecule has 0 amide bonds. The average Bonchev–Trinajstić information content (AvgIpc) is 3.33. The summed E-state index contributed by atoms with van der Waals surface area (Å²) in [5, 5.41) is 1.44. The number of nitrogens with zero attached hydrogens (tertiary/aromatic N) is 5. The summed E-state index contributed by atoms with van der Waals surface area (Å²) in [6.45, 7) is 7.46. The van der Waals surface area contributed by atoms with E-state index in [0.29, 0.717) is 44.6 Å². The molecule has 2 aromatic carbocycles. The molecule has 8 nitrogen and oxygen atoms in total. The van der Waals surface area contributed by atoms with Gasteiger partial charge in [-0.05, 0) is 36.8 Å². The minimum atomic E-state index is -0.255. The largest absolute Gasteiger partial charge is 1.00 e. The van der Waals surface area contributed by atoms with Gasteiger partial charge in [-0.25, -0.2) is 19.9 Å². The zero-order valence-corrected chi connectivity index (χ0v) is 26.3. The predicted octanol–water partition coefficient (Wildman–Crippen LogP) is 3.00. The van der Waals surface area contributed by atoms with Crippen LogP contribution in [0.1, 0.15) is 24.7 Å². The van der Waals surface area contributed by atoms with Gasteiger partial charge < -0.3 is 24.1 Å². The quantitative estimate of drug-likeness (QED) is 0.152. The Morgan fingerprint density at radius 3 is 2.68 bits per heavy atom. The maximum Gasteiger partial charge on any atom is 1.00 e. The number of aromatic amines is 1. The fourth-order valence-electron chi connectivity index (χ4n) is 3.54. The van der Waals surface area contributed by atoms with E-state index in [0.717, 1.165) is 22.5 Å². The Labute approximate surface area is 268 Å². The number of hydrogen-bond donors (Lipinski definition) is 1. The van der Waals surface area contributed by atoms with E-state index in [1.807, 2.05) is 32.0 Å². The summed E-state index contributed by atoms with van der Waals surface area (Å²) < 4.78 is 7.12. The predicted molar refractivity (Wildman–Crippen MR) is 147 cm³/mol. The van der Waals surface area contributed by atoms with Crippen molar-refractivity contribution in [1.29, 1.82) is 0 Å². The van der Waals surface area contributed by atoms with Gasteiger partial charge >= 0.3 is 51.4 Å². The minimum Gasteiger partial charge on any atom is -0.495 e. The van der Waals surface area contributed by atoms with Gasteiger partial charge in [0, 0.05) is 0 Å². The minimum absolute atomic E-state index is 0. The van der Waals surface area contributed by atoms with E-state index < -0.39 is 0 Å². The number of imidazole rings is 1. The van der Waals surface area contributed by atoms with Crippen LogP contribution in [0.3, 0.4) is 0 Å². The number of methoxy groups -OCH3 is 1. The van der Waals surface area contributed by atoms with Crippen LogP contribution in [-0.2, 0) is 5.75 Å². The summed E-state index contributed by atoms with van der Waals surface area (Å²) >= 11 is 7.82. The average molecular weight is 562 g/mol. The second kappa shape index (κ2) is 14.4. The molecule has 188 valence electrons. The molecule has 0 aliphatic rings. The Bertz CT molecular complexity index is 1560. The Morgan fingerprint density at radius 2 is 1.95 bits per heavy atom. The molecule has 0 unspecified atom stereocenters. The van der Waals surface area contributed by atoms with Gasteiger partial charge in [-0.1, -0.05) is 42.4 Å². The Morgan fingerprint density at radius 1 is 1.19 bits per heavy atom. The van der Waals surface area contributed by atoms with Crippen molar-refractivity contribution in [2.24, 2.45) is 0 Å². The Balaban J connectivity index is 0.000000919. The van der Waals surface area contributed by atoms with Crippen molar-refractivity contribution in [2.75, 3.05) is 7.11 Å². The van der Waals surface area contributed by atoms with Crippen LogP contribution < -0.4 is 61.7 Å². The fourth-order valence-corrected chi connectivity index (χ4v) is 4.67. The van der Waals surface area contributed by atoms with Crippen LogP contribution in [0.25, 0.3) is 27.8 Å². The number of benzene rings is 2. The van der Waals surface area contributed by atoms with Crippen molar-refractivity contribution >= 4 is 45.4 Å². The molecule has 0 aliphatic heterocycles. The molecule has 0 saturated carbocycles. The topological polar surface area (TPSA) is 98.6 Å². The van der Waals surface area contributed by atoms with E-state index in [2.05, 4.69) is 26.9 Å². The van der Waals surface area contributed by atoms with Crippen molar-refractivity contribution in [3.63, 3.8) is 0 Å². The van der Waals surface area contributed by atoms with Gasteiger partial charge in [0.2, 0.25) is 0 Å². The molecule has 0 radical (unpaired) electrons. The van der Waals surface area contributed by atoms with E-state index >= 15 is 0 Å². The molecule has 0 saturated heterocycles. The summed E-state index contributed by atoms with van der Waals surface area (Å²) in [4.78, 5) is 34.2. The molecule has 5 rings (SSSR count). The molecular formula is C26H27ClKN6O2S-. The van der Waals surface area contributed by atoms with Crippen molar-refractivity contribution < 1.29 is 56.1 Å². The number of aromatic nitrogens is 6. The first-order valence-corrected chi connectivity index (χ1v) is 12.3. The molecule has 3 aromatic heterocycles. The standard InChI is InChI=1S/C22H17ClN6O2S.C3H7.CH3.K/c1-12-6-7-16(31-2)15(8-12)29-17(28-14-5-3-4-13(23)18(14)22(29)30)9-32-21-19-20(25-10-24-19)26-11-27-21;1-3-2;;/h3-8,10-11H,9H2,1-2H3,(H,24,25,26,27);1,3H2,2H3;1H3;/q;2*-1;+1. The summed E-state index contributed by atoms with van der Waals surface area (Å²) in [6, 6.07) is 10.9. The third-order valence-electron chi connectivity index (χ3n) is 5.02. The van der Waals surface area contributed by atoms with Crippen LogP contribution in [0, 0.1) is 21.3 Å². The first kappa shape index (κ1) is 31.4. The molecule has 0 aliphatic carbocycles. The second-order valence-electron chi connectivity index (χ2n) is 7.55. The smallest absolute Gasteiger partial charge is 0.495 e. The zero-order chi connectivity index (χ0) is 24.9. The third kappa shape index (κ3) is 6.81. The molecule has 0 fully saturated rings. The number of aryl methyl sites for hydroxylation is 1. The van der Waals surface area contributed by atoms with E-state index in [1.165, 1.54) is 18.1 Å². The SMILES string of the molecule is COc1ccc(C)cc1-n1c(CSc2ncnc3nc[nH]c23)nc2cccc(Cl)c2c1=O.[CH2-]CC.[CH3-].[K+]. The van der Waals surface area contributed by atoms with Crippen LogP contribution in [0.15, 0.2) is 58.9 Å². The number of halogens is 1. The molecule has 0 atom stereocenters. The summed E-state index contributed by atoms with van der Waals surface area (Å²) in [5.74, 6) is 1.49. The monoisotopic (exact) mass is 561 g/mol. The first-order valence-electron chi connectivity index (χ1n) is 10.9. The molecule has 3 heterocycles. The number of ether oxygens (including phenoxy) is 1. The van der Waals surface area contributed by atoms with Crippen molar-refractivity contribution in [2.45, 2.75) is 31.0 Å². The number of fused-ring (bicyclic) bond motifs is 2. The van der Waals surface area contributed by atoms with Gasteiger partial charge in [-0.2, -0.15) is 6.42 Å². The number of thioether (sulfide) groups is 1. The van der Waals surface area contributed by atoms with E-state index in [9.17, 15) is 4.79 Å². The van der Waals surface area contributed by atoms with Crippen LogP contribution in [-0.4, -0.2) is 36.6 Å². The molecule has 5 aromatic rings. The van der Waals surface area contributed by atoms with Crippen LogP contribution in [0.2, 0.25) is 5.02 Å². The van der Waals surface area contributed by atoms with Crippen LogP contribution in [0.4, 0.5) is 0 Å². The normalized spacial score (nSPS) is 10.3. The summed E-state index contributed by atoms with van der Waals surface area (Å²) in [7, 11) is 1.57. The van der Waals surface area contributed by atoms with Gasteiger partial charge in [-0.3, -0.25) is 9.36 Å². The third-order valence-corrected chi connectivity index (χ3v) is 6.32. The number of hydrogen-bond acceptors (Lipinski definition) is 7. The maximum absolute atomic E-state index is 13.7. The van der Waals surface area contributed by atoms with Gasteiger partial charge in [0.25, 0.3) is 5.56 Å². The van der Waals surface area contributed by atoms with Gasteiger partial charge in [-0.15, -0.1) is 0 Å². The number of nitrogens with one attached hydrogen (secondary N) is 1. The van der Waals surface area contributed by atoms with E-state index in [4.69, 9.17) is 21.3 Å². The van der Waals surface area contributed by atoms with E-state index in [-0.39, 0.29) is 64.4 Å². The fraction of sp³-hybridized carbons (Fsp3) is 0.192. The van der Waals surface area contributed by atoms with Crippen molar-refractivity contribution in [3.05, 3.63) is 90.2 Å². The van der Waals surface area contributed by atoms with Crippen molar-refractivity contribution in [3.8, 4) is 11.4 Å². The van der Waals surface area contributed by atoms with Gasteiger partial charge in [0.05, 0.1) is 40.8 Å². The van der Waals surface area contributed by atoms with Gasteiger partial charge in [0.1, 0.15) is 28.4 Å². The zero-order valence-electron chi connectivity index (χ0n) is 21.6. The number of rotatable bonds is 5. The molecule has 0 bridgehead atoms. The molecule has 37 heavy (non-hydrogen) atoms. The number of H-pyrrole nitrogens is 1. The first-order chi connectivity index (χ1) is 17.0. The van der Waals surface area contributed by atoms with Crippen LogP contribution >= 0.6 is 23.4 Å². The second-order valence-corrected chi connectivity index (χ2v) is 8.92. The van der Waals surface area contributed by atoms with Crippen LogP contribution in [0.5, 0.6) is 5.75 Å². The molecule has 0 spiro atoms. The Hall–Kier alpha value is -1.79. The summed E-state index contributed by atoms with van der Waals surface area (Å²) in [6.07, 6.45) is 4.04. The van der Waals surface area contributed by atoms with Gasteiger partial charge in [0.15, 0.2) is 5.65 Å². The van der Waals surface area contributed by atoms with E-state index in [1.54, 1.807) is 36.2 Å². The molecule has 1 N–H and O–H groups in total. The molecule has 11 heteroatoms. The van der Waals surface area contributed by atoms with Crippen molar-refractivity contribution in [1.82, 2.24) is 29.5 Å².